The van der Waals surface area contributed by atoms with E-state index < -0.39 is 0 Å². The second-order valence-corrected chi connectivity index (χ2v) is 7.06. The van der Waals surface area contributed by atoms with E-state index in [1.165, 1.54) is 11.1 Å². The lowest BCUT2D eigenvalue weighted by molar-refractivity contribution is 0.0746. The molecule has 1 heterocycles. The third-order valence-electron chi connectivity index (χ3n) is 4.53. The van der Waals surface area contributed by atoms with E-state index in [0.29, 0.717) is 13.2 Å². The number of benzene rings is 2. The molecule has 0 amide bonds. The average molecular weight is 371 g/mol. The van der Waals surface area contributed by atoms with Crippen LogP contribution in [0.1, 0.15) is 24.5 Å². The lowest BCUT2D eigenvalue weighted by Crippen LogP contribution is -2.45. The summed E-state index contributed by atoms with van der Waals surface area (Å²) in [6, 6.07) is 14.1. The van der Waals surface area contributed by atoms with Crippen molar-refractivity contribution in [1.82, 2.24) is 4.90 Å². The zero-order valence-electron chi connectivity index (χ0n) is 15.6. The van der Waals surface area contributed by atoms with Gasteiger partial charge in [0.2, 0.25) is 0 Å². The molecule has 4 nitrogen and oxygen atoms in total. The summed E-state index contributed by atoms with van der Waals surface area (Å²) in [6.45, 7) is 8.47. The summed E-state index contributed by atoms with van der Waals surface area (Å²) in [5.41, 5.74) is 3.55. The number of fused-ring (bicyclic) bond motifs is 1. The zero-order valence-corrected chi connectivity index (χ0v) is 16.4. The fourth-order valence-electron chi connectivity index (χ4n) is 2.97. The Labute approximate surface area is 161 Å². The van der Waals surface area contributed by atoms with Gasteiger partial charge in [0.25, 0.3) is 0 Å². The Morgan fingerprint density at radius 3 is 2.65 bits per heavy atom. The van der Waals surface area contributed by atoms with E-state index >= 15 is 0 Å². The molecule has 2 aromatic rings. The average Bonchev–Trinajstić information content (AvgIpc) is 2.64. The van der Waals surface area contributed by atoms with Gasteiger partial charge in [-0.3, -0.25) is 0 Å². The summed E-state index contributed by atoms with van der Waals surface area (Å²) in [6.07, 6.45) is 0.967. The van der Waals surface area contributed by atoms with Crippen molar-refractivity contribution in [2.45, 2.75) is 33.3 Å². The van der Waals surface area contributed by atoms with E-state index in [2.05, 4.69) is 49.2 Å². The van der Waals surface area contributed by atoms with Crippen molar-refractivity contribution in [2.75, 3.05) is 25.0 Å². The fraction of sp³-hybridized carbons (Fsp3) is 0.381. The Morgan fingerprint density at radius 1 is 1.15 bits per heavy atom. The van der Waals surface area contributed by atoms with Gasteiger partial charge < -0.3 is 19.7 Å². The van der Waals surface area contributed by atoms with E-state index in [9.17, 15) is 0 Å². The summed E-state index contributed by atoms with van der Waals surface area (Å²) in [5.74, 6) is 1.61. The number of thiocarbonyl (C=S) groups is 1. The summed E-state index contributed by atoms with van der Waals surface area (Å²) in [7, 11) is 0. The Hall–Kier alpha value is -2.27. The van der Waals surface area contributed by atoms with Crippen molar-refractivity contribution in [3.05, 3.63) is 53.6 Å². The molecule has 1 aliphatic heterocycles. The maximum atomic E-state index is 6.09. The first-order valence-electron chi connectivity index (χ1n) is 9.08. The Bertz CT molecular complexity index is 778. The molecule has 1 atom stereocenters. The monoisotopic (exact) mass is 370 g/mol. The standard InChI is InChI=1S/C21H26N2O2S/c1-4-11-23(21(26)22-17-10-9-15(2)16(3)12-17)13-18-14-24-19-7-5-6-8-20(19)25-18/h5-10,12,18H,4,11,13-14H2,1-3H3,(H,22,26)/t18-/m1/s1. The molecule has 5 heteroatoms. The van der Waals surface area contributed by atoms with Gasteiger partial charge in [0.1, 0.15) is 6.61 Å². The molecule has 0 saturated heterocycles. The summed E-state index contributed by atoms with van der Waals surface area (Å²) >= 11 is 5.66. The molecule has 26 heavy (non-hydrogen) atoms. The predicted octanol–water partition coefficient (Wildman–Crippen LogP) is 4.55. The number of aryl methyl sites for hydroxylation is 2. The minimum atomic E-state index is -0.0454. The molecule has 0 aliphatic carbocycles. The molecule has 1 aliphatic rings. The minimum Gasteiger partial charge on any atom is -0.486 e. The maximum absolute atomic E-state index is 6.09. The normalized spacial score (nSPS) is 15.4. The third kappa shape index (κ3) is 4.47. The summed E-state index contributed by atoms with van der Waals surface area (Å²) < 4.78 is 11.9. The molecule has 0 unspecified atom stereocenters. The van der Waals surface area contributed by atoms with Crippen LogP contribution in [-0.2, 0) is 0 Å². The predicted molar refractivity (Wildman–Crippen MR) is 110 cm³/mol. The first-order chi connectivity index (χ1) is 12.6. The fourth-order valence-corrected chi connectivity index (χ4v) is 3.25. The molecule has 0 fully saturated rings. The van der Waals surface area contributed by atoms with Crippen molar-refractivity contribution in [3.8, 4) is 11.5 Å². The van der Waals surface area contributed by atoms with Gasteiger partial charge >= 0.3 is 0 Å². The van der Waals surface area contributed by atoms with E-state index in [4.69, 9.17) is 21.7 Å². The molecule has 0 saturated carbocycles. The van der Waals surface area contributed by atoms with Crippen molar-refractivity contribution in [3.63, 3.8) is 0 Å². The number of rotatable bonds is 5. The van der Waals surface area contributed by atoms with Gasteiger partial charge in [0, 0.05) is 12.2 Å². The molecule has 0 spiro atoms. The van der Waals surface area contributed by atoms with Gasteiger partial charge in [-0.2, -0.15) is 0 Å². The van der Waals surface area contributed by atoms with Crippen LogP contribution in [0.25, 0.3) is 0 Å². The summed E-state index contributed by atoms with van der Waals surface area (Å²) in [4.78, 5) is 2.16. The number of ether oxygens (including phenoxy) is 2. The van der Waals surface area contributed by atoms with Crippen LogP contribution in [0, 0.1) is 13.8 Å². The van der Waals surface area contributed by atoms with Gasteiger partial charge in [0.15, 0.2) is 22.7 Å². The largest absolute Gasteiger partial charge is 0.486 e. The first-order valence-corrected chi connectivity index (χ1v) is 9.49. The van der Waals surface area contributed by atoms with Gasteiger partial charge in [-0.05, 0) is 67.9 Å². The Balaban J connectivity index is 1.65. The molecule has 138 valence electrons. The lowest BCUT2D eigenvalue weighted by Gasteiger charge is -2.32. The highest BCUT2D eigenvalue weighted by Crippen LogP contribution is 2.31. The summed E-state index contributed by atoms with van der Waals surface area (Å²) in [5, 5.41) is 4.08. The number of hydrogen-bond acceptors (Lipinski definition) is 3. The van der Waals surface area contributed by atoms with Crippen LogP contribution in [0.15, 0.2) is 42.5 Å². The molecule has 0 bridgehead atoms. The van der Waals surface area contributed by atoms with E-state index in [1.54, 1.807) is 0 Å². The van der Waals surface area contributed by atoms with Crippen LogP contribution in [0.4, 0.5) is 5.69 Å². The molecule has 2 aromatic carbocycles. The molecule has 0 aromatic heterocycles. The van der Waals surface area contributed by atoms with Gasteiger partial charge in [-0.1, -0.05) is 25.1 Å². The van der Waals surface area contributed by atoms with Crippen LogP contribution < -0.4 is 14.8 Å². The van der Waals surface area contributed by atoms with E-state index in [-0.39, 0.29) is 6.10 Å². The second-order valence-electron chi connectivity index (χ2n) is 6.67. The number of hydrogen-bond donors (Lipinski definition) is 1. The number of para-hydroxylation sites is 2. The highest BCUT2D eigenvalue weighted by atomic mass is 32.1. The minimum absolute atomic E-state index is 0.0454. The number of anilines is 1. The Morgan fingerprint density at radius 2 is 1.92 bits per heavy atom. The Kier molecular flexibility index (Phi) is 5.99. The molecule has 0 radical (unpaired) electrons. The van der Waals surface area contributed by atoms with Crippen molar-refractivity contribution in [2.24, 2.45) is 0 Å². The molecule has 3 rings (SSSR count). The van der Waals surface area contributed by atoms with E-state index in [0.717, 1.165) is 35.3 Å². The number of nitrogens with one attached hydrogen (secondary N) is 1. The third-order valence-corrected chi connectivity index (χ3v) is 4.89. The lowest BCUT2D eigenvalue weighted by atomic mass is 10.1. The van der Waals surface area contributed by atoms with Gasteiger partial charge in [0.05, 0.1) is 6.54 Å². The molecule has 1 N–H and O–H groups in total. The maximum Gasteiger partial charge on any atom is 0.173 e. The highest BCUT2D eigenvalue weighted by Gasteiger charge is 2.24. The van der Waals surface area contributed by atoms with Crippen molar-refractivity contribution >= 4 is 23.0 Å². The van der Waals surface area contributed by atoms with Crippen molar-refractivity contribution in [1.29, 1.82) is 0 Å². The highest BCUT2D eigenvalue weighted by molar-refractivity contribution is 7.80. The van der Waals surface area contributed by atoms with Gasteiger partial charge in [-0.25, -0.2) is 0 Å². The van der Waals surface area contributed by atoms with Crippen molar-refractivity contribution < 1.29 is 9.47 Å². The molecular formula is C21H26N2O2S. The van der Waals surface area contributed by atoms with Crippen LogP contribution in [0.3, 0.4) is 0 Å². The number of nitrogens with zero attached hydrogens (tertiary/aromatic N) is 1. The first kappa shape index (κ1) is 18.5. The molecular weight excluding hydrogens is 344 g/mol. The van der Waals surface area contributed by atoms with Crippen LogP contribution >= 0.6 is 12.2 Å². The topological polar surface area (TPSA) is 33.7 Å². The smallest absolute Gasteiger partial charge is 0.173 e. The van der Waals surface area contributed by atoms with E-state index in [1.807, 2.05) is 24.3 Å². The second kappa shape index (κ2) is 8.41. The SMILES string of the molecule is CCCN(C[C@@H]1COc2ccccc2O1)C(=S)Nc1ccc(C)c(C)c1. The zero-order chi connectivity index (χ0) is 18.5. The van der Waals surface area contributed by atoms with Gasteiger partial charge in [-0.15, -0.1) is 0 Å². The van der Waals surface area contributed by atoms with Crippen LogP contribution in [0.2, 0.25) is 0 Å². The van der Waals surface area contributed by atoms with Crippen LogP contribution in [-0.4, -0.2) is 35.8 Å². The quantitative estimate of drug-likeness (QED) is 0.781. The van der Waals surface area contributed by atoms with Crippen LogP contribution in [0.5, 0.6) is 11.5 Å².